The number of hydrogen-bond acceptors (Lipinski definition) is 3. The molecule has 0 bridgehead atoms. The minimum absolute atomic E-state index is 0.0330. The molecule has 0 aliphatic carbocycles. The lowest BCUT2D eigenvalue weighted by Crippen LogP contribution is -2.43. The van der Waals surface area contributed by atoms with Crippen LogP contribution in [0.3, 0.4) is 0 Å². The summed E-state index contributed by atoms with van der Waals surface area (Å²) in [6.07, 6.45) is 1.63. The Kier molecular flexibility index (Phi) is 4.45. The molecular weight excluding hydrogens is 260 g/mol. The lowest BCUT2D eigenvalue weighted by atomic mass is 9.92. The second-order valence-electron chi connectivity index (χ2n) is 5.79. The first-order valence-corrected chi connectivity index (χ1v) is 7.78. The van der Waals surface area contributed by atoms with E-state index in [-0.39, 0.29) is 10.8 Å². The molecule has 1 aliphatic rings. The summed E-state index contributed by atoms with van der Waals surface area (Å²) in [5.74, 6) is 1.34. The largest absolute Gasteiger partial charge is 0.342 e. The van der Waals surface area contributed by atoms with Crippen LogP contribution in [0.2, 0.25) is 0 Å². The maximum Gasteiger partial charge on any atom is 0.307 e. The third kappa shape index (κ3) is 3.47. The molecule has 5 heteroatoms. The van der Waals surface area contributed by atoms with E-state index in [0.717, 1.165) is 18.8 Å². The summed E-state index contributed by atoms with van der Waals surface area (Å²) >= 11 is 1.20. The number of nitrogens with zero attached hydrogens (tertiary/aromatic N) is 2. The number of amides is 1. The van der Waals surface area contributed by atoms with Crippen molar-refractivity contribution in [2.45, 2.75) is 40.2 Å². The van der Waals surface area contributed by atoms with Gasteiger partial charge in [-0.2, -0.15) is 0 Å². The number of likely N-dealkylation sites (tertiary alicyclic amines) is 1. The van der Waals surface area contributed by atoms with Crippen molar-refractivity contribution in [3.8, 4) is 0 Å². The predicted molar refractivity (Wildman–Crippen MR) is 77.5 cm³/mol. The van der Waals surface area contributed by atoms with Gasteiger partial charge in [-0.05, 0) is 25.2 Å². The lowest BCUT2D eigenvalue weighted by molar-refractivity contribution is -0.134. The Morgan fingerprint density at radius 3 is 2.53 bits per heavy atom. The van der Waals surface area contributed by atoms with Gasteiger partial charge < -0.3 is 9.47 Å². The van der Waals surface area contributed by atoms with Crippen LogP contribution in [0, 0.1) is 18.8 Å². The van der Waals surface area contributed by atoms with Gasteiger partial charge in [0.25, 0.3) is 0 Å². The molecule has 0 N–H and O–H groups in total. The molecule has 2 unspecified atom stereocenters. The molecule has 106 valence electrons. The van der Waals surface area contributed by atoms with E-state index in [2.05, 4.69) is 13.8 Å². The van der Waals surface area contributed by atoms with Crippen molar-refractivity contribution in [3.05, 3.63) is 20.7 Å². The fourth-order valence-corrected chi connectivity index (χ4v) is 3.67. The highest BCUT2D eigenvalue weighted by Crippen LogP contribution is 2.21. The summed E-state index contributed by atoms with van der Waals surface area (Å²) in [4.78, 5) is 25.8. The van der Waals surface area contributed by atoms with Crippen LogP contribution in [0.1, 0.15) is 32.4 Å². The van der Waals surface area contributed by atoms with Crippen molar-refractivity contribution in [2.75, 3.05) is 13.1 Å². The molecule has 2 atom stereocenters. The Hall–Kier alpha value is -1.10. The average Bonchev–Trinajstić information content (AvgIpc) is 2.65. The molecule has 0 spiro atoms. The molecule has 1 amide bonds. The van der Waals surface area contributed by atoms with Gasteiger partial charge in [-0.25, -0.2) is 0 Å². The normalized spacial score (nSPS) is 23.6. The van der Waals surface area contributed by atoms with Gasteiger partial charge >= 0.3 is 4.87 Å². The van der Waals surface area contributed by atoms with Crippen molar-refractivity contribution >= 4 is 17.2 Å². The van der Waals surface area contributed by atoms with Crippen LogP contribution in [-0.2, 0) is 11.3 Å². The molecule has 0 radical (unpaired) electrons. The van der Waals surface area contributed by atoms with Crippen molar-refractivity contribution < 1.29 is 4.79 Å². The highest BCUT2D eigenvalue weighted by atomic mass is 32.1. The summed E-state index contributed by atoms with van der Waals surface area (Å²) < 4.78 is 1.69. The Bertz CT molecular complexity index is 496. The fourth-order valence-electron chi connectivity index (χ4n) is 2.91. The summed E-state index contributed by atoms with van der Waals surface area (Å²) in [5, 5.41) is 1.85. The van der Waals surface area contributed by atoms with E-state index in [4.69, 9.17) is 0 Å². The van der Waals surface area contributed by atoms with Gasteiger partial charge in [-0.15, -0.1) is 0 Å². The van der Waals surface area contributed by atoms with Crippen LogP contribution >= 0.6 is 11.3 Å². The summed E-state index contributed by atoms with van der Waals surface area (Å²) in [6, 6.07) is 0. The van der Waals surface area contributed by atoms with Gasteiger partial charge in [0.05, 0.1) is 0 Å². The van der Waals surface area contributed by atoms with Crippen LogP contribution in [0.15, 0.2) is 10.2 Å². The minimum Gasteiger partial charge on any atom is -0.342 e. The molecule has 1 aromatic heterocycles. The van der Waals surface area contributed by atoms with Crippen LogP contribution < -0.4 is 4.87 Å². The third-order valence-corrected chi connectivity index (χ3v) is 4.63. The van der Waals surface area contributed by atoms with Crippen molar-refractivity contribution in [1.29, 1.82) is 0 Å². The quantitative estimate of drug-likeness (QED) is 0.852. The monoisotopic (exact) mass is 282 g/mol. The maximum absolute atomic E-state index is 12.2. The molecular formula is C14H22N2O2S. The van der Waals surface area contributed by atoms with Gasteiger partial charge in [0.15, 0.2) is 0 Å². The van der Waals surface area contributed by atoms with Crippen LogP contribution in [0.25, 0.3) is 0 Å². The smallest absolute Gasteiger partial charge is 0.307 e. The number of thiazole rings is 1. The summed E-state index contributed by atoms with van der Waals surface area (Å²) in [6.45, 7) is 8.54. The van der Waals surface area contributed by atoms with Gasteiger partial charge in [0, 0.05) is 37.1 Å². The van der Waals surface area contributed by atoms with E-state index in [1.165, 1.54) is 17.8 Å². The number of piperidine rings is 1. The second kappa shape index (κ2) is 5.90. The van der Waals surface area contributed by atoms with E-state index < -0.39 is 0 Å². The number of carbonyl (C=O) groups excluding carboxylic acids is 1. The molecule has 2 heterocycles. The molecule has 1 aliphatic heterocycles. The first kappa shape index (κ1) is 14.3. The summed E-state index contributed by atoms with van der Waals surface area (Å²) in [5.41, 5.74) is 0.947. The zero-order valence-corrected chi connectivity index (χ0v) is 12.7. The minimum atomic E-state index is 0.0330. The van der Waals surface area contributed by atoms with E-state index >= 15 is 0 Å². The molecule has 1 aromatic rings. The standard InChI is InChI=1S/C14H22N2O2S/c1-10-6-11(2)8-15(7-10)13(17)4-5-16-12(3)9-19-14(16)18/h9-11H,4-8H2,1-3H3. The molecule has 4 nitrogen and oxygen atoms in total. The third-order valence-electron chi connectivity index (χ3n) is 3.75. The van der Waals surface area contributed by atoms with Gasteiger partial charge in [0.1, 0.15) is 0 Å². The van der Waals surface area contributed by atoms with E-state index in [9.17, 15) is 9.59 Å². The number of carbonyl (C=O) groups is 1. The van der Waals surface area contributed by atoms with E-state index in [0.29, 0.717) is 24.8 Å². The molecule has 1 saturated heterocycles. The summed E-state index contributed by atoms with van der Waals surface area (Å²) in [7, 11) is 0. The van der Waals surface area contributed by atoms with Gasteiger partial charge in [-0.3, -0.25) is 9.59 Å². The SMILES string of the molecule is Cc1csc(=O)n1CCC(=O)N1CC(C)CC(C)C1. The Balaban J connectivity index is 1.93. The fraction of sp³-hybridized carbons (Fsp3) is 0.714. The van der Waals surface area contributed by atoms with Crippen LogP contribution in [0.4, 0.5) is 0 Å². The number of aryl methyl sites for hydroxylation is 1. The van der Waals surface area contributed by atoms with Gasteiger partial charge in [-0.1, -0.05) is 25.2 Å². The zero-order valence-electron chi connectivity index (χ0n) is 11.9. The van der Waals surface area contributed by atoms with Crippen molar-refractivity contribution in [3.63, 3.8) is 0 Å². The van der Waals surface area contributed by atoms with E-state index in [1.807, 2.05) is 17.2 Å². The second-order valence-corrected chi connectivity index (χ2v) is 6.61. The Morgan fingerprint density at radius 1 is 1.37 bits per heavy atom. The molecule has 19 heavy (non-hydrogen) atoms. The van der Waals surface area contributed by atoms with Crippen molar-refractivity contribution in [1.82, 2.24) is 9.47 Å². The lowest BCUT2D eigenvalue weighted by Gasteiger charge is -2.35. The topological polar surface area (TPSA) is 42.3 Å². The first-order valence-electron chi connectivity index (χ1n) is 6.90. The zero-order chi connectivity index (χ0) is 14.0. The van der Waals surface area contributed by atoms with Gasteiger partial charge in [0.2, 0.25) is 5.91 Å². The highest BCUT2D eigenvalue weighted by molar-refractivity contribution is 7.07. The molecule has 2 rings (SSSR count). The van der Waals surface area contributed by atoms with Crippen LogP contribution in [-0.4, -0.2) is 28.5 Å². The number of hydrogen-bond donors (Lipinski definition) is 0. The Morgan fingerprint density at radius 2 is 2.00 bits per heavy atom. The predicted octanol–water partition coefficient (Wildman–Crippen LogP) is 2.11. The molecule has 0 aromatic carbocycles. The number of rotatable bonds is 3. The highest BCUT2D eigenvalue weighted by Gasteiger charge is 2.25. The van der Waals surface area contributed by atoms with E-state index in [1.54, 1.807) is 4.57 Å². The molecule has 0 saturated carbocycles. The van der Waals surface area contributed by atoms with Crippen LogP contribution in [0.5, 0.6) is 0 Å². The Labute approximate surface area is 118 Å². The maximum atomic E-state index is 12.2. The van der Waals surface area contributed by atoms with Crippen molar-refractivity contribution in [2.24, 2.45) is 11.8 Å². The first-order chi connectivity index (χ1) is 8.97. The number of aromatic nitrogens is 1. The average molecular weight is 282 g/mol. The molecule has 1 fully saturated rings.